The summed E-state index contributed by atoms with van der Waals surface area (Å²) in [5.74, 6) is 0.140. The third-order valence-corrected chi connectivity index (χ3v) is 5.28. The second-order valence-corrected chi connectivity index (χ2v) is 8.16. The topological polar surface area (TPSA) is 69.0 Å². The number of aromatic nitrogens is 1. The highest BCUT2D eigenvalue weighted by atomic mass is 19.4. The highest BCUT2D eigenvalue weighted by molar-refractivity contribution is 6.06. The maximum atomic E-state index is 13.7. The molecular formula is C24H35F4N7. The van der Waals surface area contributed by atoms with Gasteiger partial charge in [-0.15, -0.1) is 0 Å². The molecule has 1 aromatic carbocycles. The van der Waals surface area contributed by atoms with Crippen molar-refractivity contribution in [3.05, 3.63) is 41.7 Å². The van der Waals surface area contributed by atoms with Crippen molar-refractivity contribution < 1.29 is 17.6 Å². The Bertz CT molecular complexity index is 1010. The van der Waals surface area contributed by atoms with E-state index in [1.54, 1.807) is 30.3 Å². The van der Waals surface area contributed by atoms with Crippen LogP contribution in [0.15, 0.2) is 46.0 Å². The lowest BCUT2D eigenvalue weighted by molar-refractivity contribution is -0.139. The van der Waals surface area contributed by atoms with Gasteiger partial charge in [0, 0.05) is 36.5 Å². The van der Waals surface area contributed by atoms with E-state index >= 15 is 0 Å². The molecule has 0 bridgehead atoms. The first kappa shape index (κ1) is 28.5. The summed E-state index contributed by atoms with van der Waals surface area (Å²) in [6.07, 6.45) is -1.37. The van der Waals surface area contributed by atoms with Crippen LogP contribution >= 0.6 is 0 Å². The number of benzene rings is 1. The van der Waals surface area contributed by atoms with E-state index in [4.69, 9.17) is 0 Å². The van der Waals surface area contributed by atoms with Crippen LogP contribution in [0.4, 0.5) is 23.2 Å². The molecule has 0 unspecified atom stereocenters. The Labute approximate surface area is 204 Å². The van der Waals surface area contributed by atoms with Gasteiger partial charge in [-0.1, -0.05) is 12.1 Å². The molecule has 0 spiro atoms. The Morgan fingerprint density at radius 3 is 2.63 bits per heavy atom. The number of hydrogen-bond acceptors (Lipinski definition) is 5. The zero-order valence-electron chi connectivity index (χ0n) is 20.6. The van der Waals surface area contributed by atoms with E-state index in [0.29, 0.717) is 48.3 Å². The number of halogens is 4. The van der Waals surface area contributed by atoms with Gasteiger partial charge in [0.2, 0.25) is 0 Å². The van der Waals surface area contributed by atoms with Gasteiger partial charge in [-0.2, -0.15) is 13.2 Å². The Balaban J connectivity index is 2.44. The summed E-state index contributed by atoms with van der Waals surface area (Å²) in [6, 6.07) is 6.56. The van der Waals surface area contributed by atoms with Crippen molar-refractivity contribution in [3.8, 4) is 0 Å². The number of fused-ring (bicyclic) bond motifs is 1. The molecule has 0 fully saturated rings. The monoisotopic (exact) mass is 497 g/mol. The van der Waals surface area contributed by atoms with Gasteiger partial charge in [0.25, 0.3) is 0 Å². The van der Waals surface area contributed by atoms with Crippen LogP contribution in [0.25, 0.3) is 10.9 Å². The molecule has 0 saturated heterocycles. The second-order valence-electron chi connectivity index (χ2n) is 8.16. The predicted molar refractivity (Wildman–Crippen MR) is 136 cm³/mol. The Morgan fingerprint density at radius 1 is 1.23 bits per heavy atom. The van der Waals surface area contributed by atoms with E-state index in [1.165, 1.54) is 0 Å². The smallest absolute Gasteiger partial charge is 0.356 e. The van der Waals surface area contributed by atoms with Crippen LogP contribution in [0.3, 0.4) is 0 Å². The quantitative estimate of drug-likeness (QED) is 0.121. The molecule has 0 aliphatic carbocycles. The molecule has 0 atom stereocenters. The van der Waals surface area contributed by atoms with E-state index in [1.807, 2.05) is 21.1 Å². The fourth-order valence-electron chi connectivity index (χ4n) is 3.70. The average Bonchev–Trinajstić information content (AvgIpc) is 3.16. The summed E-state index contributed by atoms with van der Waals surface area (Å²) < 4.78 is 55.3. The van der Waals surface area contributed by atoms with Crippen LogP contribution in [0.5, 0.6) is 0 Å². The minimum atomic E-state index is -4.45. The third-order valence-electron chi connectivity index (χ3n) is 5.28. The van der Waals surface area contributed by atoms with Crippen LogP contribution < -0.4 is 16.0 Å². The van der Waals surface area contributed by atoms with Crippen molar-refractivity contribution in [2.24, 2.45) is 9.98 Å². The van der Waals surface area contributed by atoms with Crippen molar-refractivity contribution in [2.75, 3.05) is 59.4 Å². The highest BCUT2D eigenvalue weighted by Crippen LogP contribution is 2.31. The zero-order chi connectivity index (χ0) is 25.8. The molecule has 2 aromatic rings. The van der Waals surface area contributed by atoms with Gasteiger partial charge >= 0.3 is 6.18 Å². The van der Waals surface area contributed by atoms with E-state index < -0.39 is 19.4 Å². The summed E-state index contributed by atoms with van der Waals surface area (Å²) in [5.41, 5.74) is 1.42. The van der Waals surface area contributed by atoms with Crippen LogP contribution in [0, 0.1) is 0 Å². The zero-order valence-corrected chi connectivity index (χ0v) is 20.6. The molecule has 1 heterocycles. The number of nitrogens with zero attached hydrogens (tertiary/aromatic N) is 4. The second kappa shape index (κ2) is 14.0. The van der Waals surface area contributed by atoms with Gasteiger partial charge in [0.15, 0.2) is 5.84 Å². The lowest BCUT2D eigenvalue weighted by Gasteiger charge is -2.15. The molecule has 7 nitrogen and oxygen atoms in total. The minimum Gasteiger partial charge on any atom is -0.356 e. The third kappa shape index (κ3) is 8.75. The van der Waals surface area contributed by atoms with Crippen molar-refractivity contribution in [1.29, 1.82) is 0 Å². The standard InChI is InChI=1S/C24H35F4N7/c1-29-11-7-12-32-23(31-3)22-14-19-20(9-5-10-21(19)35(22)16-24(26,27)28)33-18(15-25)8-6-13-34(4)17-30-2/h5,8-10,14,29-30,33H,3,6-7,11-13,15-17H2,1-2,4H3. The number of hydrogen-bond donors (Lipinski definition) is 3. The van der Waals surface area contributed by atoms with Gasteiger partial charge in [0.1, 0.15) is 13.2 Å². The lowest BCUT2D eigenvalue weighted by atomic mass is 10.2. The fourth-order valence-corrected chi connectivity index (χ4v) is 3.70. The predicted octanol–water partition coefficient (Wildman–Crippen LogP) is 4.02. The number of alkyl halides is 4. The molecule has 35 heavy (non-hydrogen) atoms. The number of rotatable bonds is 14. The normalized spacial score (nSPS) is 13.1. The van der Waals surface area contributed by atoms with Crippen molar-refractivity contribution in [2.45, 2.75) is 25.6 Å². The van der Waals surface area contributed by atoms with E-state index in [2.05, 4.69) is 37.6 Å². The Morgan fingerprint density at radius 2 is 2.00 bits per heavy atom. The molecule has 0 radical (unpaired) electrons. The molecule has 2 rings (SSSR count). The summed E-state index contributed by atoms with van der Waals surface area (Å²) in [4.78, 5) is 10.3. The molecular weight excluding hydrogens is 462 g/mol. The maximum absolute atomic E-state index is 13.7. The number of aliphatic imine (C=N–C) groups is 2. The molecule has 0 aliphatic rings. The molecule has 0 aliphatic heterocycles. The average molecular weight is 498 g/mol. The SMILES string of the molecule is C=NC(=NCCCNC)c1cc2c(NC(=CCCN(C)CNC)CF)cccc2n1CC(F)(F)F. The molecule has 11 heteroatoms. The van der Waals surface area contributed by atoms with Crippen LogP contribution in [-0.4, -0.2) is 82.3 Å². The maximum Gasteiger partial charge on any atom is 0.406 e. The minimum absolute atomic E-state index is 0.140. The molecule has 1 aromatic heterocycles. The Hall–Kier alpha value is -2.76. The van der Waals surface area contributed by atoms with Gasteiger partial charge in [-0.25, -0.2) is 9.38 Å². The van der Waals surface area contributed by atoms with Crippen molar-refractivity contribution >= 4 is 29.1 Å². The lowest BCUT2D eigenvalue weighted by Crippen LogP contribution is -2.29. The summed E-state index contributed by atoms with van der Waals surface area (Å²) in [7, 11) is 5.61. The van der Waals surface area contributed by atoms with Crippen LogP contribution in [0.1, 0.15) is 18.5 Å². The number of anilines is 1. The summed E-state index contributed by atoms with van der Waals surface area (Å²) >= 11 is 0. The first-order valence-electron chi connectivity index (χ1n) is 11.4. The van der Waals surface area contributed by atoms with Gasteiger partial charge in [-0.3, -0.25) is 9.89 Å². The number of amidine groups is 1. The first-order valence-corrected chi connectivity index (χ1v) is 11.4. The molecule has 194 valence electrons. The fraction of sp³-hybridized carbons (Fsp3) is 0.500. The summed E-state index contributed by atoms with van der Waals surface area (Å²) in [6.45, 7) is 4.12. The van der Waals surface area contributed by atoms with E-state index in [9.17, 15) is 17.6 Å². The summed E-state index contributed by atoms with van der Waals surface area (Å²) in [5, 5.41) is 9.63. The number of nitrogens with one attached hydrogen (secondary N) is 3. The largest absolute Gasteiger partial charge is 0.406 e. The Kier molecular flexibility index (Phi) is 11.4. The van der Waals surface area contributed by atoms with Crippen molar-refractivity contribution in [3.63, 3.8) is 0 Å². The molecule has 0 amide bonds. The van der Waals surface area contributed by atoms with Gasteiger partial charge in [-0.05, 0) is 65.4 Å². The number of allylic oxidation sites excluding steroid dienone is 1. The first-order chi connectivity index (χ1) is 16.7. The van der Waals surface area contributed by atoms with E-state index in [-0.39, 0.29) is 11.5 Å². The molecule has 3 N–H and O–H groups in total. The van der Waals surface area contributed by atoms with E-state index in [0.717, 1.165) is 17.7 Å². The van der Waals surface area contributed by atoms with Crippen LogP contribution in [0.2, 0.25) is 0 Å². The highest BCUT2D eigenvalue weighted by Gasteiger charge is 2.31. The van der Waals surface area contributed by atoms with Crippen LogP contribution in [-0.2, 0) is 6.54 Å². The van der Waals surface area contributed by atoms with Gasteiger partial charge in [0.05, 0.1) is 11.2 Å². The molecule has 0 saturated carbocycles. The van der Waals surface area contributed by atoms with Gasteiger partial charge < -0.3 is 20.5 Å². The van der Waals surface area contributed by atoms with Crippen molar-refractivity contribution in [1.82, 2.24) is 20.1 Å².